The zero-order valence-electron chi connectivity index (χ0n) is 11.2. The number of nitrogens with one attached hydrogen (secondary N) is 1. The molecular weight excluding hydrogens is 388 g/mol. The van der Waals surface area contributed by atoms with Crippen LogP contribution in [-0.4, -0.2) is 35.8 Å². The van der Waals surface area contributed by atoms with Crippen molar-refractivity contribution in [3.8, 4) is 0 Å². The number of hydrogen-bond acceptors (Lipinski definition) is 2. The zero-order valence-corrected chi connectivity index (χ0v) is 14.3. The van der Waals surface area contributed by atoms with E-state index in [2.05, 4.69) is 37.2 Å². The number of rotatable bonds is 4. The first-order chi connectivity index (χ1) is 9.45. The summed E-state index contributed by atoms with van der Waals surface area (Å²) in [6.07, 6.45) is 1.54. The topological polar surface area (TPSA) is 49.4 Å². The molecule has 1 aromatic rings. The van der Waals surface area contributed by atoms with Crippen LogP contribution in [0.3, 0.4) is 0 Å². The third-order valence-electron chi connectivity index (χ3n) is 3.17. The maximum atomic E-state index is 12.2. The lowest BCUT2D eigenvalue weighted by Crippen LogP contribution is -2.42. The van der Waals surface area contributed by atoms with E-state index in [-0.39, 0.29) is 17.9 Å². The van der Waals surface area contributed by atoms with E-state index >= 15 is 0 Å². The van der Waals surface area contributed by atoms with Crippen LogP contribution < -0.4 is 5.32 Å². The summed E-state index contributed by atoms with van der Waals surface area (Å²) in [6.45, 7) is 3.28. The standard InChI is InChI=1S/C14H16Br2N2O2/c1-9(8-18-4-2-3-13(18)19)17-14(20)10-5-11(15)7-12(16)6-10/h5-7,9H,2-4,8H2,1H3,(H,17,20). The molecule has 1 heterocycles. The fourth-order valence-corrected chi connectivity index (χ4v) is 3.56. The lowest BCUT2D eigenvalue weighted by molar-refractivity contribution is -0.127. The van der Waals surface area contributed by atoms with Gasteiger partial charge in [-0.3, -0.25) is 9.59 Å². The average Bonchev–Trinajstić information content (AvgIpc) is 2.73. The second kappa shape index (κ2) is 6.72. The largest absolute Gasteiger partial charge is 0.348 e. The van der Waals surface area contributed by atoms with Gasteiger partial charge in [-0.25, -0.2) is 0 Å². The lowest BCUT2D eigenvalue weighted by Gasteiger charge is -2.21. The van der Waals surface area contributed by atoms with Crippen molar-refractivity contribution in [3.63, 3.8) is 0 Å². The highest BCUT2D eigenvalue weighted by Crippen LogP contribution is 2.20. The summed E-state index contributed by atoms with van der Waals surface area (Å²) in [5.41, 5.74) is 0.589. The van der Waals surface area contributed by atoms with Crippen molar-refractivity contribution in [1.82, 2.24) is 10.2 Å². The predicted octanol–water partition coefficient (Wildman–Crippen LogP) is 2.95. The smallest absolute Gasteiger partial charge is 0.251 e. The van der Waals surface area contributed by atoms with Crippen LogP contribution in [0.4, 0.5) is 0 Å². The van der Waals surface area contributed by atoms with Gasteiger partial charge in [-0.05, 0) is 31.5 Å². The Kier molecular flexibility index (Phi) is 5.21. The highest BCUT2D eigenvalue weighted by molar-refractivity contribution is 9.11. The van der Waals surface area contributed by atoms with Gasteiger partial charge in [0.1, 0.15) is 0 Å². The molecule has 1 N–H and O–H groups in total. The molecule has 0 aromatic heterocycles. The van der Waals surface area contributed by atoms with Crippen molar-refractivity contribution in [2.75, 3.05) is 13.1 Å². The molecule has 20 heavy (non-hydrogen) atoms. The van der Waals surface area contributed by atoms with Gasteiger partial charge in [-0.1, -0.05) is 31.9 Å². The molecule has 0 spiro atoms. The van der Waals surface area contributed by atoms with E-state index in [0.29, 0.717) is 18.5 Å². The summed E-state index contributed by atoms with van der Waals surface area (Å²) in [5, 5.41) is 2.92. The first-order valence-electron chi connectivity index (χ1n) is 6.50. The highest BCUT2D eigenvalue weighted by Gasteiger charge is 2.22. The number of carbonyl (C=O) groups is 2. The fraction of sp³-hybridized carbons (Fsp3) is 0.429. The Balaban J connectivity index is 1.94. The van der Waals surface area contributed by atoms with E-state index in [1.807, 2.05) is 17.9 Å². The summed E-state index contributed by atoms with van der Waals surface area (Å²) < 4.78 is 1.69. The molecule has 0 saturated carbocycles. The maximum absolute atomic E-state index is 12.2. The lowest BCUT2D eigenvalue weighted by atomic mass is 10.2. The Morgan fingerprint density at radius 3 is 2.55 bits per heavy atom. The van der Waals surface area contributed by atoms with Crippen molar-refractivity contribution in [1.29, 1.82) is 0 Å². The Morgan fingerprint density at radius 2 is 2.00 bits per heavy atom. The molecule has 2 amide bonds. The summed E-state index contributed by atoms with van der Waals surface area (Å²) in [5.74, 6) is 0.0439. The van der Waals surface area contributed by atoms with Crippen molar-refractivity contribution in [2.45, 2.75) is 25.8 Å². The SMILES string of the molecule is CC(CN1CCCC1=O)NC(=O)c1cc(Br)cc(Br)c1. The minimum atomic E-state index is -0.133. The van der Waals surface area contributed by atoms with Gasteiger partial charge in [-0.15, -0.1) is 0 Å². The van der Waals surface area contributed by atoms with Crippen LogP contribution >= 0.6 is 31.9 Å². The fourth-order valence-electron chi connectivity index (χ4n) is 2.27. The number of halogens is 2. The molecule has 1 unspecified atom stereocenters. The van der Waals surface area contributed by atoms with Crippen LogP contribution in [0, 0.1) is 0 Å². The van der Waals surface area contributed by atoms with Gasteiger partial charge in [0.25, 0.3) is 5.91 Å². The van der Waals surface area contributed by atoms with Crippen LogP contribution in [0.25, 0.3) is 0 Å². The third kappa shape index (κ3) is 4.06. The van der Waals surface area contributed by atoms with E-state index in [0.717, 1.165) is 21.9 Å². The molecule has 2 rings (SSSR count). The Hall–Kier alpha value is -0.880. The van der Waals surface area contributed by atoms with Crippen molar-refractivity contribution in [2.24, 2.45) is 0 Å². The van der Waals surface area contributed by atoms with Crippen molar-refractivity contribution >= 4 is 43.7 Å². The molecule has 6 heteroatoms. The van der Waals surface area contributed by atoms with Crippen molar-refractivity contribution in [3.05, 3.63) is 32.7 Å². The predicted molar refractivity (Wildman–Crippen MR) is 84.6 cm³/mol. The van der Waals surface area contributed by atoms with Gasteiger partial charge < -0.3 is 10.2 Å². The Labute approximate surface area is 135 Å². The van der Waals surface area contributed by atoms with E-state index in [4.69, 9.17) is 0 Å². The molecular formula is C14H16Br2N2O2. The molecule has 1 aliphatic heterocycles. The van der Waals surface area contributed by atoms with Gasteiger partial charge in [0.05, 0.1) is 0 Å². The third-order valence-corrected chi connectivity index (χ3v) is 4.08. The monoisotopic (exact) mass is 402 g/mol. The molecule has 1 fully saturated rings. The number of benzene rings is 1. The van der Waals surface area contributed by atoms with Gasteiger partial charge in [0, 0.05) is 40.1 Å². The minimum absolute atomic E-state index is 0.0673. The molecule has 4 nitrogen and oxygen atoms in total. The molecule has 0 bridgehead atoms. The second-order valence-corrected chi connectivity index (χ2v) is 6.81. The van der Waals surface area contributed by atoms with Crippen LogP contribution in [0.2, 0.25) is 0 Å². The molecule has 108 valence electrons. The van der Waals surface area contributed by atoms with E-state index < -0.39 is 0 Å². The minimum Gasteiger partial charge on any atom is -0.348 e. The molecule has 1 saturated heterocycles. The second-order valence-electron chi connectivity index (χ2n) is 4.98. The van der Waals surface area contributed by atoms with Gasteiger partial charge in [0.2, 0.25) is 5.91 Å². The van der Waals surface area contributed by atoms with Crippen LogP contribution in [0.5, 0.6) is 0 Å². The molecule has 1 aliphatic rings. The average molecular weight is 404 g/mol. The summed E-state index contributed by atoms with van der Waals surface area (Å²) >= 11 is 6.73. The van der Waals surface area contributed by atoms with Crippen molar-refractivity contribution < 1.29 is 9.59 Å². The Bertz CT molecular complexity index is 514. The number of hydrogen-bond donors (Lipinski definition) is 1. The van der Waals surface area contributed by atoms with E-state index in [1.165, 1.54) is 0 Å². The molecule has 0 radical (unpaired) electrons. The quantitative estimate of drug-likeness (QED) is 0.840. The molecule has 1 aromatic carbocycles. The summed E-state index contributed by atoms with van der Waals surface area (Å²) in [4.78, 5) is 25.5. The summed E-state index contributed by atoms with van der Waals surface area (Å²) in [6, 6.07) is 5.35. The highest BCUT2D eigenvalue weighted by atomic mass is 79.9. The number of likely N-dealkylation sites (tertiary alicyclic amines) is 1. The van der Waals surface area contributed by atoms with Crippen LogP contribution in [-0.2, 0) is 4.79 Å². The van der Waals surface area contributed by atoms with Gasteiger partial charge in [-0.2, -0.15) is 0 Å². The number of amides is 2. The number of carbonyl (C=O) groups excluding carboxylic acids is 2. The first kappa shape index (κ1) is 15.5. The normalized spacial score (nSPS) is 16.4. The first-order valence-corrected chi connectivity index (χ1v) is 8.09. The Morgan fingerprint density at radius 1 is 1.35 bits per heavy atom. The molecule has 0 aliphatic carbocycles. The van der Waals surface area contributed by atoms with Crippen LogP contribution in [0.1, 0.15) is 30.1 Å². The maximum Gasteiger partial charge on any atom is 0.251 e. The zero-order chi connectivity index (χ0) is 14.7. The van der Waals surface area contributed by atoms with E-state index in [9.17, 15) is 9.59 Å². The number of nitrogens with zero attached hydrogens (tertiary/aromatic N) is 1. The van der Waals surface area contributed by atoms with Gasteiger partial charge in [0.15, 0.2) is 0 Å². The summed E-state index contributed by atoms with van der Waals surface area (Å²) in [7, 11) is 0. The van der Waals surface area contributed by atoms with Crippen LogP contribution in [0.15, 0.2) is 27.1 Å². The van der Waals surface area contributed by atoms with Gasteiger partial charge >= 0.3 is 0 Å². The molecule has 1 atom stereocenters. The van der Waals surface area contributed by atoms with E-state index in [1.54, 1.807) is 12.1 Å².